The maximum absolute atomic E-state index is 11.6. The molecule has 3 nitrogen and oxygen atoms in total. The third-order valence-corrected chi connectivity index (χ3v) is 4.83. The van der Waals surface area contributed by atoms with Crippen molar-refractivity contribution in [3.05, 3.63) is 0 Å². The first-order valence-electron chi connectivity index (χ1n) is 7.78. The van der Waals surface area contributed by atoms with Gasteiger partial charge in [-0.1, -0.05) is 32.1 Å². The predicted octanol–water partition coefficient (Wildman–Crippen LogP) is 2.97. The van der Waals surface area contributed by atoms with Crippen LogP contribution in [0.1, 0.15) is 57.8 Å². The Morgan fingerprint density at radius 1 is 1.16 bits per heavy atom. The summed E-state index contributed by atoms with van der Waals surface area (Å²) in [5, 5.41) is 11.6. The maximum Gasteiger partial charge on any atom is 0.220 e. The van der Waals surface area contributed by atoms with E-state index < -0.39 is 0 Å². The third-order valence-electron chi connectivity index (χ3n) is 3.76. The first-order valence-corrected chi connectivity index (χ1v) is 8.93. The largest absolute Gasteiger partial charge is 0.396 e. The van der Waals surface area contributed by atoms with Crippen LogP contribution in [-0.4, -0.2) is 35.7 Å². The molecule has 0 aromatic rings. The van der Waals surface area contributed by atoms with Gasteiger partial charge in [0.1, 0.15) is 0 Å². The number of carbonyl (C=O) groups is 1. The molecule has 19 heavy (non-hydrogen) atoms. The van der Waals surface area contributed by atoms with Crippen molar-refractivity contribution in [3.63, 3.8) is 0 Å². The van der Waals surface area contributed by atoms with Crippen LogP contribution in [0.2, 0.25) is 0 Å². The Hall–Kier alpha value is -0.220. The molecule has 4 heteroatoms. The molecule has 1 fully saturated rings. The van der Waals surface area contributed by atoms with Gasteiger partial charge in [-0.15, -0.1) is 0 Å². The van der Waals surface area contributed by atoms with Gasteiger partial charge in [-0.3, -0.25) is 4.79 Å². The Balaban J connectivity index is 1.87. The Kier molecular flexibility index (Phi) is 10.3. The van der Waals surface area contributed by atoms with Crippen molar-refractivity contribution in [3.8, 4) is 0 Å². The number of rotatable bonds is 10. The molecule has 112 valence electrons. The van der Waals surface area contributed by atoms with Crippen molar-refractivity contribution < 1.29 is 9.90 Å². The highest BCUT2D eigenvalue weighted by Crippen LogP contribution is 2.27. The van der Waals surface area contributed by atoms with E-state index in [9.17, 15) is 4.79 Å². The van der Waals surface area contributed by atoms with Crippen LogP contribution in [0.4, 0.5) is 0 Å². The Bertz CT molecular complexity index is 230. The Morgan fingerprint density at radius 2 is 1.95 bits per heavy atom. The van der Waals surface area contributed by atoms with E-state index >= 15 is 0 Å². The van der Waals surface area contributed by atoms with E-state index in [1.807, 2.05) is 0 Å². The molecule has 0 heterocycles. The van der Waals surface area contributed by atoms with Gasteiger partial charge < -0.3 is 10.4 Å². The lowest BCUT2D eigenvalue weighted by Crippen LogP contribution is -2.25. The van der Waals surface area contributed by atoms with E-state index in [1.165, 1.54) is 38.5 Å². The van der Waals surface area contributed by atoms with Gasteiger partial charge in [0.15, 0.2) is 0 Å². The molecule has 1 aliphatic rings. The highest BCUT2D eigenvalue weighted by molar-refractivity contribution is 7.99. The quantitative estimate of drug-likeness (QED) is 0.607. The molecular formula is C15H29NO2S. The van der Waals surface area contributed by atoms with Gasteiger partial charge >= 0.3 is 0 Å². The summed E-state index contributed by atoms with van der Waals surface area (Å²) >= 11 is 1.79. The van der Waals surface area contributed by atoms with Gasteiger partial charge in [0.05, 0.1) is 0 Å². The molecular weight excluding hydrogens is 258 g/mol. The molecule has 0 aromatic heterocycles. The number of amides is 1. The summed E-state index contributed by atoms with van der Waals surface area (Å²) in [5.41, 5.74) is 0. The second kappa shape index (κ2) is 11.6. The number of thioether (sulfide) groups is 1. The molecule has 0 aromatic carbocycles. The van der Waals surface area contributed by atoms with Crippen LogP contribution >= 0.6 is 11.8 Å². The zero-order chi connectivity index (χ0) is 13.8. The van der Waals surface area contributed by atoms with Crippen LogP contribution in [0.25, 0.3) is 0 Å². The summed E-state index contributed by atoms with van der Waals surface area (Å²) in [5.74, 6) is 3.02. The monoisotopic (exact) mass is 287 g/mol. The molecule has 0 bridgehead atoms. The number of carbonyl (C=O) groups excluding carboxylic acids is 1. The van der Waals surface area contributed by atoms with Gasteiger partial charge in [-0.05, 0) is 30.9 Å². The first-order chi connectivity index (χ1) is 9.33. The van der Waals surface area contributed by atoms with E-state index in [2.05, 4.69) is 5.32 Å². The van der Waals surface area contributed by atoms with Crippen molar-refractivity contribution in [2.75, 3.05) is 24.7 Å². The van der Waals surface area contributed by atoms with Crippen molar-refractivity contribution in [2.24, 2.45) is 5.92 Å². The van der Waals surface area contributed by atoms with Gasteiger partial charge in [0.2, 0.25) is 5.91 Å². The second-order valence-corrected chi connectivity index (χ2v) is 6.66. The zero-order valence-corrected chi connectivity index (χ0v) is 12.8. The molecule has 1 amide bonds. The number of hydrogen-bond acceptors (Lipinski definition) is 3. The maximum atomic E-state index is 11.6. The van der Waals surface area contributed by atoms with Crippen LogP contribution in [0.5, 0.6) is 0 Å². The molecule has 0 aliphatic heterocycles. The van der Waals surface area contributed by atoms with Crippen molar-refractivity contribution >= 4 is 17.7 Å². The zero-order valence-electron chi connectivity index (χ0n) is 12.0. The highest BCUT2D eigenvalue weighted by atomic mass is 32.2. The van der Waals surface area contributed by atoms with Crippen LogP contribution in [0, 0.1) is 5.92 Å². The summed E-state index contributed by atoms with van der Waals surface area (Å²) in [7, 11) is 0. The van der Waals surface area contributed by atoms with E-state index in [1.54, 1.807) is 11.8 Å². The van der Waals surface area contributed by atoms with E-state index in [-0.39, 0.29) is 12.5 Å². The van der Waals surface area contributed by atoms with Gasteiger partial charge in [-0.25, -0.2) is 0 Å². The minimum Gasteiger partial charge on any atom is -0.396 e. The molecule has 0 saturated heterocycles. The molecule has 0 atom stereocenters. The highest BCUT2D eigenvalue weighted by Gasteiger charge is 2.13. The van der Waals surface area contributed by atoms with E-state index in [0.29, 0.717) is 6.42 Å². The van der Waals surface area contributed by atoms with Crippen molar-refractivity contribution in [1.82, 2.24) is 5.32 Å². The van der Waals surface area contributed by atoms with Crippen LogP contribution in [0.3, 0.4) is 0 Å². The number of nitrogens with one attached hydrogen (secondary N) is 1. The average molecular weight is 287 g/mol. The summed E-state index contributed by atoms with van der Waals surface area (Å²) in [6, 6.07) is 0. The van der Waals surface area contributed by atoms with Crippen molar-refractivity contribution in [1.29, 1.82) is 0 Å². The van der Waals surface area contributed by atoms with Gasteiger partial charge in [0, 0.05) is 25.3 Å². The lowest BCUT2D eigenvalue weighted by molar-refractivity contribution is -0.121. The number of hydrogen-bond donors (Lipinski definition) is 2. The molecule has 2 N–H and O–H groups in total. The van der Waals surface area contributed by atoms with Crippen molar-refractivity contribution in [2.45, 2.75) is 57.8 Å². The summed E-state index contributed by atoms with van der Waals surface area (Å²) in [4.78, 5) is 11.6. The molecule has 0 unspecified atom stereocenters. The Labute approximate surface area is 121 Å². The molecule has 1 rings (SSSR count). The van der Waals surface area contributed by atoms with Crippen LogP contribution in [-0.2, 0) is 4.79 Å². The second-order valence-electron chi connectivity index (χ2n) is 5.44. The van der Waals surface area contributed by atoms with Gasteiger partial charge in [-0.2, -0.15) is 11.8 Å². The average Bonchev–Trinajstić information content (AvgIpc) is 2.44. The smallest absolute Gasteiger partial charge is 0.220 e. The fourth-order valence-electron chi connectivity index (χ4n) is 2.65. The van der Waals surface area contributed by atoms with Crippen LogP contribution < -0.4 is 5.32 Å². The molecule has 0 spiro atoms. The van der Waals surface area contributed by atoms with Crippen LogP contribution in [0.15, 0.2) is 0 Å². The van der Waals surface area contributed by atoms with Gasteiger partial charge in [0.25, 0.3) is 0 Å². The SMILES string of the molecule is O=C(CCCC1CCCCC1)NCCSCCCO. The summed E-state index contributed by atoms with van der Waals surface area (Å²) in [6.07, 6.45) is 10.8. The summed E-state index contributed by atoms with van der Waals surface area (Å²) < 4.78 is 0. The molecule has 1 aliphatic carbocycles. The lowest BCUT2D eigenvalue weighted by Gasteiger charge is -2.21. The first kappa shape index (κ1) is 16.8. The lowest BCUT2D eigenvalue weighted by atomic mass is 9.86. The summed E-state index contributed by atoms with van der Waals surface area (Å²) in [6.45, 7) is 1.03. The minimum absolute atomic E-state index is 0.207. The third kappa shape index (κ3) is 9.33. The Morgan fingerprint density at radius 3 is 2.68 bits per heavy atom. The molecule has 1 saturated carbocycles. The number of aliphatic hydroxyl groups excluding tert-OH is 1. The van der Waals surface area contributed by atoms with E-state index in [4.69, 9.17) is 5.11 Å². The number of aliphatic hydroxyl groups is 1. The normalized spacial score (nSPS) is 16.5. The topological polar surface area (TPSA) is 49.3 Å². The molecule has 0 radical (unpaired) electrons. The fraction of sp³-hybridized carbons (Fsp3) is 0.933. The minimum atomic E-state index is 0.207. The fourth-order valence-corrected chi connectivity index (χ4v) is 3.43. The standard InChI is InChI=1S/C15H29NO2S/c17-11-5-12-19-13-10-16-15(18)9-4-8-14-6-2-1-3-7-14/h14,17H,1-13H2,(H,16,18). The predicted molar refractivity (Wildman–Crippen MR) is 82.5 cm³/mol. The van der Waals surface area contributed by atoms with E-state index in [0.717, 1.165) is 36.8 Å².